The quantitative estimate of drug-likeness (QED) is 0.627. The Morgan fingerprint density at radius 1 is 1.26 bits per heavy atom. The van der Waals surface area contributed by atoms with E-state index in [1.54, 1.807) is 0 Å². The first kappa shape index (κ1) is 17.4. The molecule has 1 heterocycles. The zero-order valence-electron chi connectivity index (χ0n) is 13.5. The molecule has 0 aromatic heterocycles. The molecular weight excluding hydrogens is 314 g/mol. The van der Waals surface area contributed by atoms with E-state index >= 15 is 0 Å². The van der Waals surface area contributed by atoms with Gasteiger partial charge in [-0.3, -0.25) is 4.79 Å². The molecule has 2 rings (SSSR count). The first-order chi connectivity index (χ1) is 11.1. The fourth-order valence-corrected chi connectivity index (χ4v) is 2.54. The van der Waals surface area contributed by atoms with Gasteiger partial charge in [0.15, 0.2) is 5.96 Å². The number of halogens is 1. The van der Waals surface area contributed by atoms with Crippen molar-refractivity contribution in [1.29, 1.82) is 0 Å². The van der Waals surface area contributed by atoms with Crippen LogP contribution in [0.15, 0.2) is 29.3 Å². The topological polar surface area (TPSA) is 74.0 Å². The molecule has 0 bridgehead atoms. The Morgan fingerprint density at radius 3 is 2.52 bits per heavy atom. The average Bonchev–Trinajstić information content (AvgIpc) is 2.58. The molecule has 1 aliphatic heterocycles. The number of guanidine groups is 1. The highest BCUT2D eigenvalue weighted by molar-refractivity contribution is 6.30. The van der Waals surface area contributed by atoms with Crippen LogP contribution < -0.4 is 16.0 Å². The fourth-order valence-electron chi connectivity index (χ4n) is 2.42. The van der Waals surface area contributed by atoms with Gasteiger partial charge in [0.05, 0.1) is 0 Å². The maximum absolute atomic E-state index is 11.5. The average molecular weight is 338 g/mol. The molecule has 0 spiro atoms. The molecule has 6 nitrogen and oxygen atoms in total. The van der Waals surface area contributed by atoms with Crippen LogP contribution in [-0.2, 0) is 4.79 Å². The number of nitrogens with two attached hydrogens (primary N) is 1. The van der Waals surface area contributed by atoms with Gasteiger partial charge >= 0.3 is 0 Å². The molecule has 1 fully saturated rings. The number of rotatable bonds is 5. The summed E-state index contributed by atoms with van der Waals surface area (Å²) in [5, 5.41) is 3.53. The van der Waals surface area contributed by atoms with Crippen molar-refractivity contribution in [1.82, 2.24) is 10.2 Å². The van der Waals surface area contributed by atoms with Gasteiger partial charge in [0.1, 0.15) is 6.54 Å². The van der Waals surface area contributed by atoms with Gasteiger partial charge in [-0.15, -0.1) is 0 Å². The largest absolute Gasteiger partial charge is 0.370 e. The predicted molar refractivity (Wildman–Crippen MR) is 95.0 cm³/mol. The summed E-state index contributed by atoms with van der Waals surface area (Å²) in [5.74, 6) is 0.349. The lowest BCUT2D eigenvalue weighted by molar-refractivity contribution is -0.119. The summed E-state index contributed by atoms with van der Waals surface area (Å²) in [6.07, 6.45) is 0.914. The third kappa shape index (κ3) is 5.32. The van der Waals surface area contributed by atoms with Crippen molar-refractivity contribution in [3.05, 3.63) is 29.3 Å². The Hall–Kier alpha value is -1.95. The van der Waals surface area contributed by atoms with E-state index in [1.165, 1.54) is 0 Å². The van der Waals surface area contributed by atoms with Gasteiger partial charge in [0.25, 0.3) is 0 Å². The molecule has 126 valence electrons. The van der Waals surface area contributed by atoms with Crippen molar-refractivity contribution < 1.29 is 4.79 Å². The molecule has 1 saturated heterocycles. The molecule has 3 N–H and O–H groups in total. The molecule has 0 radical (unpaired) electrons. The van der Waals surface area contributed by atoms with Crippen molar-refractivity contribution in [3.8, 4) is 0 Å². The second-order valence-corrected chi connectivity index (χ2v) is 5.91. The maximum atomic E-state index is 11.5. The molecule has 1 aromatic rings. The van der Waals surface area contributed by atoms with Crippen LogP contribution in [0.2, 0.25) is 5.02 Å². The van der Waals surface area contributed by atoms with Crippen molar-refractivity contribution in [2.75, 3.05) is 44.2 Å². The number of nitrogens with zero attached hydrogens (tertiary/aromatic N) is 3. The van der Waals surface area contributed by atoms with Crippen molar-refractivity contribution in [2.24, 2.45) is 10.7 Å². The molecule has 0 aliphatic carbocycles. The van der Waals surface area contributed by atoms with Gasteiger partial charge in [-0.25, -0.2) is 4.99 Å². The molecule has 0 saturated carbocycles. The molecule has 0 atom stereocenters. The number of nitrogens with one attached hydrogen (secondary N) is 1. The van der Waals surface area contributed by atoms with Gasteiger partial charge in [-0.2, -0.15) is 0 Å². The summed E-state index contributed by atoms with van der Waals surface area (Å²) < 4.78 is 0. The summed E-state index contributed by atoms with van der Waals surface area (Å²) in [5.41, 5.74) is 7.15. The van der Waals surface area contributed by atoms with Crippen LogP contribution >= 0.6 is 11.6 Å². The summed E-state index contributed by atoms with van der Waals surface area (Å²) in [6, 6.07) is 7.84. The van der Waals surface area contributed by atoms with Gasteiger partial charge in [-0.1, -0.05) is 18.5 Å². The van der Waals surface area contributed by atoms with Gasteiger partial charge in [0, 0.05) is 43.4 Å². The summed E-state index contributed by atoms with van der Waals surface area (Å²) in [6.45, 7) is 6.07. The van der Waals surface area contributed by atoms with Gasteiger partial charge < -0.3 is 20.9 Å². The maximum Gasteiger partial charge on any atom is 0.241 e. The minimum Gasteiger partial charge on any atom is -0.370 e. The predicted octanol–water partition coefficient (Wildman–Crippen LogP) is 1.30. The fraction of sp³-hybridized carbons (Fsp3) is 0.500. The number of carbonyl (C=O) groups excluding carboxylic acids is 1. The molecule has 1 amide bonds. The third-order valence-electron chi connectivity index (χ3n) is 3.75. The lowest BCUT2D eigenvalue weighted by Crippen LogP contribution is -2.51. The van der Waals surface area contributed by atoms with E-state index in [0.29, 0.717) is 12.5 Å². The molecule has 23 heavy (non-hydrogen) atoms. The van der Waals surface area contributed by atoms with E-state index in [9.17, 15) is 4.79 Å². The van der Waals surface area contributed by atoms with Gasteiger partial charge in [0.2, 0.25) is 5.91 Å². The van der Waals surface area contributed by atoms with Crippen molar-refractivity contribution in [2.45, 2.75) is 13.3 Å². The van der Waals surface area contributed by atoms with E-state index in [-0.39, 0.29) is 12.5 Å². The van der Waals surface area contributed by atoms with Crippen LogP contribution in [0.25, 0.3) is 0 Å². The van der Waals surface area contributed by atoms with Gasteiger partial charge in [-0.05, 0) is 30.7 Å². The lowest BCUT2D eigenvalue weighted by Gasteiger charge is -2.36. The van der Waals surface area contributed by atoms with E-state index in [4.69, 9.17) is 17.3 Å². The highest BCUT2D eigenvalue weighted by Crippen LogP contribution is 2.19. The number of anilines is 1. The number of hydrogen-bond donors (Lipinski definition) is 2. The molecular formula is C16H24ClN5O. The smallest absolute Gasteiger partial charge is 0.241 e. The second-order valence-electron chi connectivity index (χ2n) is 5.47. The molecule has 1 aliphatic rings. The monoisotopic (exact) mass is 337 g/mol. The van der Waals surface area contributed by atoms with E-state index in [1.807, 2.05) is 36.1 Å². The Bertz CT molecular complexity index is 538. The van der Waals surface area contributed by atoms with Crippen molar-refractivity contribution >= 4 is 29.2 Å². The van der Waals surface area contributed by atoms with E-state index < -0.39 is 0 Å². The number of aliphatic imine (C=N–C) groups is 1. The van der Waals surface area contributed by atoms with Crippen LogP contribution in [-0.4, -0.2) is 56.0 Å². The highest BCUT2D eigenvalue weighted by Gasteiger charge is 2.18. The number of piperazine rings is 1. The highest BCUT2D eigenvalue weighted by atomic mass is 35.5. The number of carbonyl (C=O) groups is 1. The standard InChI is InChI=1S/C16H24ClN5O/c1-2-7-19-15(23)12-20-16(18)22-10-8-21(9-11-22)14-5-3-13(17)4-6-14/h3-6H,2,7-12H2,1H3,(H2,18,20)(H,19,23). The van der Waals surface area contributed by atoms with Crippen molar-refractivity contribution in [3.63, 3.8) is 0 Å². The summed E-state index contributed by atoms with van der Waals surface area (Å²) in [7, 11) is 0. The van der Waals surface area contributed by atoms with E-state index in [0.717, 1.165) is 43.3 Å². The Balaban J connectivity index is 1.81. The first-order valence-corrected chi connectivity index (χ1v) is 8.30. The van der Waals surface area contributed by atoms with Crippen LogP contribution in [0.5, 0.6) is 0 Å². The summed E-state index contributed by atoms with van der Waals surface area (Å²) >= 11 is 5.92. The Kier molecular flexibility index (Phi) is 6.52. The van der Waals surface area contributed by atoms with Crippen LogP contribution in [0.1, 0.15) is 13.3 Å². The van der Waals surface area contributed by atoms with Crippen LogP contribution in [0.3, 0.4) is 0 Å². The Morgan fingerprint density at radius 2 is 1.91 bits per heavy atom. The molecule has 7 heteroatoms. The van der Waals surface area contributed by atoms with E-state index in [2.05, 4.69) is 15.2 Å². The lowest BCUT2D eigenvalue weighted by atomic mass is 10.2. The zero-order valence-corrected chi connectivity index (χ0v) is 14.2. The molecule has 0 unspecified atom stereocenters. The number of benzene rings is 1. The summed E-state index contributed by atoms with van der Waals surface area (Å²) in [4.78, 5) is 20.0. The normalized spacial score (nSPS) is 15.7. The number of amides is 1. The Labute approximate surface area is 142 Å². The molecule has 1 aromatic carbocycles. The van der Waals surface area contributed by atoms with Crippen LogP contribution in [0, 0.1) is 0 Å². The van der Waals surface area contributed by atoms with Crippen LogP contribution in [0.4, 0.5) is 5.69 Å². The number of hydrogen-bond acceptors (Lipinski definition) is 3. The first-order valence-electron chi connectivity index (χ1n) is 7.92. The minimum absolute atomic E-state index is 0.0865. The minimum atomic E-state index is -0.0883. The zero-order chi connectivity index (χ0) is 16.7. The second kappa shape index (κ2) is 8.62. The SMILES string of the molecule is CCCNC(=O)CN=C(N)N1CCN(c2ccc(Cl)cc2)CC1. The third-order valence-corrected chi connectivity index (χ3v) is 4.00.